The van der Waals surface area contributed by atoms with E-state index in [1.165, 1.54) is 0 Å². The van der Waals surface area contributed by atoms with E-state index in [2.05, 4.69) is 10.3 Å². The van der Waals surface area contributed by atoms with Gasteiger partial charge in [0, 0.05) is 48.5 Å². The van der Waals surface area contributed by atoms with Crippen molar-refractivity contribution >= 4 is 23.5 Å². The Hall–Kier alpha value is -2.87. The summed E-state index contributed by atoms with van der Waals surface area (Å²) in [5.74, 6) is 1.51. The molecule has 2 aromatic heterocycles. The number of hydrogen-bond acceptors (Lipinski definition) is 6. The molecule has 3 aromatic rings. The first-order valence-corrected chi connectivity index (χ1v) is 11.4. The fourth-order valence-corrected chi connectivity index (χ4v) is 5.19. The maximum atomic E-state index is 13.4. The summed E-state index contributed by atoms with van der Waals surface area (Å²) >= 11 is 1.61. The number of nitrogens with zero attached hydrogens (tertiary/aromatic N) is 4. The Morgan fingerprint density at radius 2 is 2.06 bits per heavy atom. The van der Waals surface area contributed by atoms with Crippen molar-refractivity contribution in [2.45, 2.75) is 49.8 Å². The van der Waals surface area contributed by atoms with E-state index in [0.717, 1.165) is 34.8 Å². The summed E-state index contributed by atoms with van der Waals surface area (Å²) < 4.78 is 6.88. The van der Waals surface area contributed by atoms with Crippen LogP contribution in [0.3, 0.4) is 0 Å². The van der Waals surface area contributed by atoms with E-state index in [0.29, 0.717) is 29.8 Å². The zero-order chi connectivity index (χ0) is 22.0. The summed E-state index contributed by atoms with van der Waals surface area (Å²) in [4.78, 5) is 28.9. The maximum absolute atomic E-state index is 13.4. The van der Waals surface area contributed by atoms with E-state index in [-0.39, 0.29) is 17.7 Å². The van der Waals surface area contributed by atoms with E-state index in [1.807, 2.05) is 43.0 Å². The standard InChI is InChI=1S/C23H26N4O3S/c1-15-20(16(2)30-25-15)14-31-22-9-5-4-8-19(22)23(29)27-10-6-7-18(27)11-21(28)17-12-24-26(3)13-17/h4-5,8-9,12-13,18H,6-7,10-11,14H2,1-3H3. The van der Waals surface area contributed by atoms with Gasteiger partial charge < -0.3 is 9.42 Å². The average molecular weight is 439 g/mol. The molecule has 3 heterocycles. The van der Waals surface area contributed by atoms with Gasteiger partial charge in [0.05, 0.1) is 23.0 Å². The highest BCUT2D eigenvalue weighted by Gasteiger charge is 2.32. The molecule has 8 heteroatoms. The molecular formula is C23H26N4O3S. The molecule has 0 spiro atoms. The number of amides is 1. The lowest BCUT2D eigenvalue weighted by atomic mass is 10.0. The third-order valence-corrected chi connectivity index (χ3v) is 6.86. The molecule has 1 aliphatic heterocycles. The molecule has 1 amide bonds. The molecule has 7 nitrogen and oxygen atoms in total. The van der Waals surface area contributed by atoms with Gasteiger partial charge in [-0.05, 0) is 38.8 Å². The normalized spacial score (nSPS) is 16.1. The van der Waals surface area contributed by atoms with Gasteiger partial charge in [0.1, 0.15) is 5.76 Å². The molecule has 4 rings (SSSR count). The second-order valence-electron chi connectivity index (χ2n) is 7.91. The van der Waals surface area contributed by atoms with Crippen LogP contribution < -0.4 is 0 Å². The lowest BCUT2D eigenvalue weighted by Crippen LogP contribution is -2.37. The summed E-state index contributed by atoms with van der Waals surface area (Å²) in [5, 5.41) is 8.09. The van der Waals surface area contributed by atoms with Crippen molar-refractivity contribution in [3.8, 4) is 0 Å². The van der Waals surface area contributed by atoms with Gasteiger partial charge in [0.2, 0.25) is 0 Å². The third-order valence-electron chi connectivity index (χ3n) is 5.76. The molecule has 31 heavy (non-hydrogen) atoms. The highest BCUT2D eigenvalue weighted by Crippen LogP contribution is 2.31. The number of Topliss-reactive ketones (excluding diaryl/α,β-unsaturated/α-hetero) is 1. The fourth-order valence-electron chi connectivity index (χ4n) is 3.99. The molecular weight excluding hydrogens is 412 g/mol. The number of hydrogen-bond donors (Lipinski definition) is 0. The van der Waals surface area contributed by atoms with Crippen LogP contribution in [0, 0.1) is 13.8 Å². The van der Waals surface area contributed by atoms with Gasteiger partial charge >= 0.3 is 0 Å². The van der Waals surface area contributed by atoms with Gasteiger partial charge in [-0.25, -0.2) is 0 Å². The molecule has 1 saturated heterocycles. The molecule has 0 radical (unpaired) electrons. The van der Waals surface area contributed by atoms with Crippen molar-refractivity contribution in [3.05, 3.63) is 64.8 Å². The van der Waals surface area contributed by atoms with E-state index >= 15 is 0 Å². The number of ketones is 1. The van der Waals surface area contributed by atoms with Crippen molar-refractivity contribution < 1.29 is 14.1 Å². The molecule has 1 aliphatic rings. The summed E-state index contributed by atoms with van der Waals surface area (Å²) in [6, 6.07) is 7.60. The fraction of sp³-hybridized carbons (Fsp3) is 0.391. The molecule has 0 aliphatic carbocycles. The number of aromatic nitrogens is 3. The Morgan fingerprint density at radius 3 is 2.77 bits per heavy atom. The monoisotopic (exact) mass is 438 g/mol. The Labute approximate surface area is 185 Å². The van der Waals surface area contributed by atoms with Gasteiger partial charge in [-0.1, -0.05) is 17.3 Å². The van der Waals surface area contributed by atoms with Crippen molar-refractivity contribution in [1.82, 2.24) is 19.8 Å². The summed E-state index contributed by atoms with van der Waals surface area (Å²) in [5.41, 5.74) is 3.22. The van der Waals surface area contributed by atoms with E-state index in [1.54, 1.807) is 35.9 Å². The number of carbonyl (C=O) groups is 2. The quantitative estimate of drug-likeness (QED) is 0.406. The van der Waals surface area contributed by atoms with Crippen LogP contribution in [0.15, 0.2) is 46.1 Å². The van der Waals surface area contributed by atoms with Gasteiger partial charge in [-0.2, -0.15) is 5.10 Å². The van der Waals surface area contributed by atoms with Crippen molar-refractivity contribution in [1.29, 1.82) is 0 Å². The molecule has 1 unspecified atom stereocenters. The Kier molecular flexibility index (Phi) is 6.27. The Bertz CT molecular complexity index is 1080. The molecule has 162 valence electrons. The average Bonchev–Trinajstić information content (AvgIpc) is 3.48. The summed E-state index contributed by atoms with van der Waals surface area (Å²) in [6.45, 7) is 4.51. The Balaban J connectivity index is 1.49. The van der Waals surface area contributed by atoms with E-state index < -0.39 is 0 Å². The van der Waals surface area contributed by atoms with Crippen LogP contribution in [-0.4, -0.2) is 44.1 Å². The molecule has 0 N–H and O–H groups in total. The number of aryl methyl sites for hydroxylation is 3. The van der Waals surface area contributed by atoms with Gasteiger partial charge in [0.25, 0.3) is 5.91 Å². The van der Waals surface area contributed by atoms with Crippen LogP contribution >= 0.6 is 11.8 Å². The number of benzene rings is 1. The zero-order valence-corrected chi connectivity index (χ0v) is 18.8. The molecule has 1 aromatic carbocycles. The van der Waals surface area contributed by atoms with Crippen molar-refractivity contribution in [2.75, 3.05) is 6.54 Å². The number of likely N-dealkylation sites (tertiary alicyclic amines) is 1. The van der Waals surface area contributed by atoms with E-state index in [4.69, 9.17) is 4.52 Å². The molecule has 1 fully saturated rings. The lowest BCUT2D eigenvalue weighted by Gasteiger charge is -2.25. The SMILES string of the molecule is Cc1noc(C)c1CSc1ccccc1C(=O)N1CCCC1CC(=O)c1cnn(C)c1. The predicted molar refractivity (Wildman–Crippen MR) is 118 cm³/mol. The van der Waals surface area contributed by atoms with Crippen LogP contribution in [0.2, 0.25) is 0 Å². The van der Waals surface area contributed by atoms with Gasteiger partial charge in [0.15, 0.2) is 5.78 Å². The highest BCUT2D eigenvalue weighted by molar-refractivity contribution is 7.98. The minimum atomic E-state index is -0.0826. The third kappa shape index (κ3) is 4.58. The molecule has 0 saturated carbocycles. The summed E-state index contributed by atoms with van der Waals surface area (Å²) in [7, 11) is 1.79. The predicted octanol–water partition coefficient (Wildman–Crippen LogP) is 4.19. The maximum Gasteiger partial charge on any atom is 0.255 e. The zero-order valence-electron chi connectivity index (χ0n) is 18.0. The Morgan fingerprint density at radius 1 is 1.26 bits per heavy atom. The second-order valence-corrected chi connectivity index (χ2v) is 8.93. The largest absolute Gasteiger partial charge is 0.361 e. The van der Waals surface area contributed by atoms with E-state index in [9.17, 15) is 9.59 Å². The first-order valence-electron chi connectivity index (χ1n) is 10.4. The van der Waals surface area contributed by atoms with Crippen LogP contribution in [0.25, 0.3) is 0 Å². The van der Waals surface area contributed by atoms with Gasteiger partial charge in [-0.3, -0.25) is 14.3 Å². The first-order chi connectivity index (χ1) is 14.9. The van der Waals surface area contributed by atoms with Gasteiger partial charge in [-0.15, -0.1) is 11.8 Å². The van der Waals surface area contributed by atoms with Crippen molar-refractivity contribution in [3.63, 3.8) is 0 Å². The lowest BCUT2D eigenvalue weighted by molar-refractivity contribution is 0.0714. The summed E-state index contributed by atoms with van der Waals surface area (Å²) in [6.07, 6.45) is 5.39. The molecule has 1 atom stereocenters. The number of carbonyl (C=O) groups excluding carboxylic acids is 2. The highest BCUT2D eigenvalue weighted by atomic mass is 32.2. The first kappa shape index (κ1) is 21.4. The van der Waals surface area contributed by atoms with Crippen LogP contribution in [0.4, 0.5) is 0 Å². The van der Waals surface area contributed by atoms with Crippen molar-refractivity contribution in [2.24, 2.45) is 7.05 Å². The second kappa shape index (κ2) is 9.09. The van der Waals surface area contributed by atoms with Crippen LogP contribution in [0.1, 0.15) is 57.0 Å². The molecule has 0 bridgehead atoms. The van der Waals surface area contributed by atoms with Crippen LogP contribution in [-0.2, 0) is 12.8 Å². The number of thioether (sulfide) groups is 1. The minimum Gasteiger partial charge on any atom is -0.361 e. The smallest absolute Gasteiger partial charge is 0.255 e. The number of rotatable bonds is 7. The van der Waals surface area contributed by atoms with Crippen LogP contribution in [0.5, 0.6) is 0 Å². The minimum absolute atomic E-state index is 0.0108. The topological polar surface area (TPSA) is 81.2 Å².